The molecule has 8 heteroatoms. The summed E-state index contributed by atoms with van der Waals surface area (Å²) in [5.41, 5.74) is 2.32. The molecule has 3 amide bonds. The Hall–Kier alpha value is -2.48. The first-order valence-electron chi connectivity index (χ1n) is 7.33. The predicted octanol–water partition coefficient (Wildman–Crippen LogP) is 2.47. The van der Waals surface area contributed by atoms with Gasteiger partial charge in [-0.2, -0.15) is 0 Å². The number of carbonyl (C=O) groups is 3. The van der Waals surface area contributed by atoms with Gasteiger partial charge in [0.1, 0.15) is 0 Å². The maximum atomic E-state index is 12.1. The number of hydrogen-bond donors (Lipinski definition) is 2. The predicted molar refractivity (Wildman–Crippen MR) is 90.9 cm³/mol. The maximum Gasteiger partial charge on any atom is 0.338 e. The lowest BCUT2D eigenvalue weighted by molar-refractivity contribution is -0.127. The van der Waals surface area contributed by atoms with Crippen LogP contribution in [0.25, 0.3) is 10.2 Å². The number of rotatable bonds is 3. The van der Waals surface area contributed by atoms with Gasteiger partial charge in [-0.1, -0.05) is 0 Å². The molecule has 7 nitrogen and oxygen atoms in total. The molecule has 2 rings (SSSR count). The lowest BCUT2D eigenvalue weighted by Gasteiger charge is -2.21. The van der Waals surface area contributed by atoms with Crippen LogP contribution in [0.2, 0.25) is 0 Å². The van der Waals surface area contributed by atoms with E-state index in [2.05, 4.69) is 15.6 Å². The molecule has 0 radical (unpaired) electrons. The molecular formula is C16H19N3O4S. The van der Waals surface area contributed by atoms with Crippen molar-refractivity contribution in [2.75, 3.05) is 0 Å². The smallest absolute Gasteiger partial charge is 0.338 e. The minimum Gasteiger partial charge on any atom is -0.449 e. The van der Waals surface area contributed by atoms with E-state index in [-0.39, 0.29) is 0 Å². The minimum atomic E-state index is -1.10. The molecule has 128 valence electrons. The van der Waals surface area contributed by atoms with Crippen molar-refractivity contribution in [1.29, 1.82) is 0 Å². The molecule has 2 N–H and O–H groups in total. The Morgan fingerprint density at radius 3 is 2.62 bits per heavy atom. The number of esters is 1. The van der Waals surface area contributed by atoms with Gasteiger partial charge < -0.3 is 10.1 Å². The third-order valence-corrected chi connectivity index (χ3v) is 3.74. The van der Waals surface area contributed by atoms with Gasteiger partial charge >= 0.3 is 12.0 Å². The molecule has 0 aliphatic carbocycles. The van der Waals surface area contributed by atoms with Crippen molar-refractivity contribution in [3.8, 4) is 0 Å². The molecule has 0 aliphatic rings. The Bertz CT molecular complexity index is 779. The first kappa shape index (κ1) is 17.9. The van der Waals surface area contributed by atoms with Gasteiger partial charge in [0.2, 0.25) is 0 Å². The topological polar surface area (TPSA) is 97.4 Å². The number of fused-ring (bicyclic) bond motifs is 1. The minimum absolute atomic E-state index is 0.325. The molecule has 1 heterocycles. The molecule has 1 aromatic heterocycles. The molecule has 0 fully saturated rings. The summed E-state index contributed by atoms with van der Waals surface area (Å²) in [4.78, 5) is 39.8. The summed E-state index contributed by atoms with van der Waals surface area (Å²) in [5, 5.41) is 4.73. The van der Waals surface area contributed by atoms with E-state index in [0.717, 1.165) is 10.2 Å². The van der Waals surface area contributed by atoms with Crippen LogP contribution in [0.5, 0.6) is 0 Å². The van der Waals surface area contributed by atoms with Crippen LogP contribution >= 0.6 is 11.3 Å². The van der Waals surface area contributed by atoms with Gasteiger partial charge in [0, 0.05) is 5.54 Å². The molecule has 0 unspecified atom stereocenters. The lowest BCUT2D eigenvalue weighted by atomic mass is 10.1. The van der Waals surface area contributed by atoms with Crippen LogP contribution in [0.1, 0.15) is 38.1 Å². The Morgan fingerprint density at radius 2 is 1.96 bits per heavy atom. The number of amides is 3. The Labute approximate surface area is 143 Å². The van der Waals surface area contributed by atoms with Crippen LogP contribution in [-0.4, -0.2) is 34.5 Å². The van der Waals surface area contributed by atoms with Gasteiger partial charge in [-0.25, -0.2) is 14.6 Å². The Morgan fingerprint density at radius 1 is 1.25 bits per heavy atom. The summed E-state index contributed by atoms with van der Waals surface area (Å²) in [5.74, 6) is -1.33. The molecule has 0 aliphatic heterocycles. The zero-order valence-corrected chi connectivity index (χ0v) is 14.7. The zero-order valence-electron chi connectivity index (χ0n) is 13.9. The number of urea groups is 1. The van der Waals surface area contributed by atoms with Crippen LogP contribution in [0.4, 0.5) is 4.79 Å². The number of hydrogen-bond acceptors (Lipinski definition) is 6. The second-order valence-electron chi connectivity index (χ2n) is 6.28. The number of carbonyl (C=O) groups excluding carboxylic acids is 3. The van der Waals surface area contributed by atoms with Crippen molar-refractivity contribution in [3.63, 3.8) is 0 Å². The summed E-state index contributed by atoms with van der Waals surface area (Å²) in [6, 6.07) is 4.32. The first-order valence-corrected chi connectivity index (χ1v) is 8.21. The molecule has 2 aromatic rings. The van der Waals surface area contributed by atoms with Gasteiger partial charge in [0.15, 0.2) is 6.10 Å². The van der Waals surface area contributed by atoms with E-state index < -0.39 is 29.6 Å². The monoisotopic (exact) mass is 349 g/mol. The largest absolute Gasteiger partial charge is 0.449 e. The molecule has 0 saturated heterocycles. The van der Waals surface area contributed by atoms with Gasteiger partial charge in [-0.05, 0) is 45.9 Å². The Balaban J connectivity index is 1.95. The van der Waals surface area contributed by atoms with Crippen LogP contribution in [0, 0.1) is 0 Å². The molecule has 1 atom stereocenters. The number of nitrogens with zero attached hydrogens (tertiary/aromatic N) is 1. The van der Waals surface area contributed by atoms with Crippen LogP contribution in [0.15, 0.2) is 23.7 Å². The average Bonchev–Trinajstić information content (AvgIpc) is 2.92. The lowest BCUT2D eigenvalue weighted by Crippen LogP contribution is -2.50. The quantitative estimate of drug-likeness (QED) is 0.830. The fraction of sp³-hybridized carbons (Fsp3) is 0.375. The van der Waals surface area contributed by atoms with Crippen LogP contribution in [0.3, 0.4) is 0 Å². The summed E-state index contributed by atoms with van der Waals surface area (Å²) in [6.45, 7) is 6.77. The first-order chi connectivity index (χ1) is 11.2. The molecule has 1 aromatic carbocycles. The molecule has 0 spiro atoms. The second kappa shape index (κ2) is 6.96. The number of ether oxygens (including phenoxy) is 1. The number of thiazole rings is 1. The highest BCUT2D eigenvalue weighted by Crippen LogP contribution is 2.19. The van der Waals surface area contributed by atoms with Gasteiger partial charge in [0.05, 0.1) is 21.3 Å². The van der Waals surface area contributed by atoms with Crippen molar-refractivity contribution in [3.05, 3.63) is 29.3 Å². The number of benzene rings is 1. The number of aromatic nitrogens is 1. The number of imide groups is 1. The van der Waals surface area contributed by atoms with Crippen molar-refractivity contribution in [2.24, 2.45) is 0 Å². The van der Waals surface area contributed by atoms with E-state index in [0.29, 0.717) is 5.56 Å². The van der Waals surface area contributed by atoms with E-state index in [9.17, 15) is 14.4 Å². The van der Waals surface area contributed by atoms with E-state index in [1.54, 1.807) is 44.5 Å². The van der Waals surface area contributed by atoms with Crippen LogP contribution < -0.4 is 10.6 Å². The summed E-state index contributed by atoms with van der Waals surface area (Å²) in [7, 11) is 0. The third-order valence-electron chi connectivity index (χ3n) is 2.95. The van der Waals surface area contributed by atoms with Crippen molar-refractivity contribution in [2.45, 2.75) is 39.3 Å². The highest BCUT2D eigenvalue weighted by atomic mass is 32.1. The van der Waals surface area contributed by atoms with E-state index in [1.807, 2.05) is 0 Å². The fourth-order valence-corrected chi connectivity index (χ4v) is 2.57. The summed E-state index contributed by atoms with van der Waals surface area (Å²) < 4.78 is 5.96. The third kappa shape index (κ3) is 4.76. The van der Waals surface area contributed by atoms with Gasteiger partial charge in [0.25, 0.3) is 5.91 Å². The van der Waals surface area contributed by atoms with Crippen molar-refractivity contribution >= 4 is 39.5 Å². The zero-order chi connectivity index (χ0) is 17.9. The maximum absolute atomic E-state index is 12.1. The van der Waals surface area contributed by atoms with Crippen molar-refractivity contribution in [1.82, 2.24) is 15.6 Å². The van der Waals surface area contributed by atoms with E-state index in [1.165, 1.54) is 18.3 Å². The molecule has 0 bridgehead atoms. The average molecular weight is 349 g/mol. The van der Waals surface area contributed by atoms with Crippen LogP contribution in [-0.2, 0) is 9.53 Å². The van der Waals surface area contributed by atoms with Gasteiger partial charge in [-0.3, -0.25) is 10.1 Å². The fourth-order valence-electron chi connectivity index (χ4n) is 1.85. The van der Waals surface area contributed by atoms with Gasteiger partial charge in [-0.15, -0.1) is 11.3 Å². The van der Waals surface area contributed by atoms with E-state index >= 15 is 0 Å². The SMILES string of the molecule is C[C@@H](OC(=O)c1ccc2ncsc2c1)C(=O)NC(=O)NC(C)(C)C. The highest BCUT2D eigenvalue weighted by molar-refractivity contribution is 7.16. The van der Waals surface area contributed by atoms with Crippen molar-refractivity contribution < 1.29 is 19.1 Å². The summed E-state index contributed by atoms with van der Waals surface area (Å²) >= 11 is 1.41. The highest BCUT2D eigenvalue weighted by Gasteiger charge is 2.22. The molecular weight excluding hydrogens is 330 g/mol. The Kier molecular flexibility index (Phi) is 5.18. The second-order valence-corrected chi connectivity index (χ2v) is 7.16. The molecule has 24 heavy (non-hydrogen) atoms. The molecule has 0 saturated carbocycles. The summed E-state index contributed by atoms with van der Waals surface area (Å²) in [6.07, 6.45) is -1.10. The number of nitrogens with one attached hydrogen (secondary N) is 2. The standard InChI is InChI=1S/C16H19N3O4S/c1-9(13(20)18-15(22)19-16(2,3)4)23-14(21)10-5-6-11-12(7-10)24-8-17-11/h5-9H,1-4H3,(H2,18,19,20,22)/t9-/m1/s1. The normalized spacial score (nSPS) is 12.5. The van der Waals surface area contributed by atoms with E-state index in [4.69, 9.17) is 4.74 Å².